The Labute approximate surface area is 220 Å². The summed E-state index contributed by atoms with van der Waals surface area (Å²) in [5.41, 5.74) is 0.871. The Balaban J connectivity index is 1.28. The van der Waals surface area contributed by atoms with Gasteiger partial charge in [0.1, 0.15) is 5.82 Å². The van der Waals surface area contributed by atoms with Crippen molar-refractivity contribution in [1.29, 1.82) is 0 Å². The SMILES string of the molecule is NN=Nc1nc(N=NN)c(C(=O)/N=C2/NC3(CCN(C(=O)C4=Cc5cc[nH]c5NC4)CC3)CN2N)nc1Cl. The normalized spacial score (nSPS) is 19.6. The second-order valence-electron chi connectivity index (χ2n) is 8.84. The van der Waals surface area contributed by atoms with Crippen molar-refractivity contribution in [3.63, 3.8) is 0 Å². The van der Waals surface area contributed by atoms with E-state index in [9.17, 15) is 9.59 Å². The van der Waals surface area contributed by atoms with Crippen LogP contribution in [0, 0.1) is 0 Å². The maximum absolute atomic E-state index is 13.1. The van der Waals surface area contributed by atoms with Crippen molar-refractivity contribution in [2.45, 2.75) is 18.4 Å². The van der Waals surface area contributed by atoms with Crippen molar-refractivity contribution in [1.82, 2.24) is 30.2 Å². The first-order chi connectivity index (χ1) is 18.3. The highest BCUT2D eigenvalue weighted by Crippen LogP contribution is 2.30. The molecule has 0 radical (unpaired) electrons. The lowest BCUT2D eigenvalue weighted by atomic mass is 9.88. The Morgan fingerprint density at radius 2 is 1.84 bits per heavy atom. The van der Waals surface area contributed by atoms with Gasteiger partial charge in [0.15, 0.2) is 10.8 Å². The fourth-order valence-electron chi connectivity index (χ4n) is 4.61. The topological polar surface area (TPSA) is 246 Å². The predicted octanol–water partition coefficient (Wildman–Crippen LogP) is 0.518. The molecule has 17 nitrogen and oxygen atoms in total. The van der Waals surface area contributed by atoms with Gasteiger partial charge < -0.3 is 32.2 Å². The van der Waals surface area contributed by atoms with Crippen molar-refractivity contribution >= 4 is 52.9 Å². The monoisotopic (exact) mass is 541 g/mol. The fourth-order valence-corrected chi connectivity index (χ4v) is 4.78. The predicted molar refractivity (Wildman–Crippen MR) is 136 cm³/mol. The third-order valence-corrected chi connectivity index (χ3v) is 6.76. The number of amides is 2. The Morgan fingerprint density at radius 1 is 1.11 bits per heavy atom. The summed E-state index contributed by atoms with van der Waals surface area (Å²) in [5.74, 6) is 16.1. The van der Waals surface area contributed by atoms with Crippen molar-refractivity contribution < 1.29 is 9.59 Å². The highest BCUT2D eigenvalue weighted by molar-refractivity contribution is 6.31. The van der Waals surface area contributed by atoms with Crippen LogP contribution in [0.5, 0.6) is 0 Å². The van der Waals surface area contributed by atoms with Gasteiger partial charge in [-0.05, 0) is 25.0 Å². The average molecular weight is 542 g/mol. The van der Waals surface area contributed by atoms with Gasteiger partial charge in [-0.3, -0.25) is 14.6 Å². The minimum Gasteiger partial charge on any atom is -0.367 e. The lowest BCUT2D eigenvalue weighted by Crippen LogP contribution is -2.54. The van der Waals surface area contributed by atoms with Crippen LogP contribution < -0.4 is 28.2 Å². The number of guanidine groups is 1. The molecule has 2 aromatic rings. The summed E-state index contributed by atoms with van der Waals surface area (Å²) in [4.78, 5) is 42.9. The zero-order valence-corrected chi connectivity index (χ0v) is 20.7. The number of carbonyl (C=O) groups is 2. The number of hydrazine groups is 1. The second-order valence-corrected chi connectivity index (χ2v) is 9.20. The van der Waals surface area contributed by atoms with Gasteiger partial charge in [0.25, 0.3) is 5.91 Å². The van der Waals surface area contributed by atoms with E-state index in [-0.39, 0.29) is 34.3 Å². The quantitative estimate of drug-likeness (QED) is 0.178. The summed E-state index contributed by atoms with van der Waals surface area (Å²) in [7, 11) is 0. The molecule has 3 aliphatic heterocycles. The van der Waals surface area contributed by atoms with Gasteiger partial charge in [-0.1, -0.05) is 22.0 Å². The van der Waals surface area contributed by atoms with E-state index in [2.05, 4.69) is 51.3 Å². The zero-order valence-electron chi connectivity index (χ0n) is 19.9. The van der Waals surface area contributed by atoms with Crippen LogP contribution in [-0.4, -0.2) is 74.4 Å². The Kier molecular flexibility index (Phi) is 6.60. The summed E-state index contributed by atoms with van der Waals surface area (Å²) in [6, 6.07) is 1.92. The number of nitrogens with two attached hydrogens (primary N) is 3. The first-order valence-corrected chi connectivity index (χ1v) is 11.8. The molecule has 3 aliphatic rings. The molecule has 1 spiro atoms. The van der Waals surface area contributed by atoms with Crippen molar-refractivity contribution in [2.24, 2.45) is 43.2 Å². The van der Waals surface area contributed by atoms with E-state index in [1.807, 2.05) is 23.2 Å². The second kappa shape index (κ2) is 10.0. The number of hydrogen-bond acceptors (Lipinski definition) is 10. The van der Waals surface area contributed by atoms with Gasteiger partial charge in [-0.15, -0.1) is 10.2 Å². The molecule has 5 heterocycles. The molecular formula is C20H24ClN15O2. The molecule has 2 aromatic heterocycles. The summed E-state index contributed by atoms with van der Waals surface area (Å²) >= 11 is 6.02. The number of nitrogens with zero attached hydrogens (tertiary/aromatic N) is 9. The Hall–Kier alpha value is -4.64. The molecular weight excluding hydrogens is 518 g/mol. The van der Waals surface area contributed by atoms with Crippen LogP contribution >= 0.6 is 11.6 Å². The molecule has 9 N–H and O–H groups in total. The van der Waals surface area contributed by atoms with E-state index in [0.717, 1.165) is 11.4 Å². The van der Waals surface area contributed by atoms with Gasteiger partial charge in [-0.25, -0.2) is 15.8 Å². The third kappa shape index (κ3) is 4.71. The average Bonchev–Trinajstić information content (AvgIpc) is 3.49. The lowest BCUT2D eigenvalue weighted by Gasteiger charge is -2.39. The molecule has 0 unspecified atom stereocenters. The fraction of sp³-hybridized carbons (Fsp3) is 0.350. The summed E-state index contributed by atoms with van der Waals surface area (Å²) in [6.07, 6.45) is 4.94. The van der Waals surface area contributed by atoms with Gasteiger partial charge >= 0.3 is 5.91 Å². The lowest BCUT2D eigenvalue weighted by molar-refractivity contribution is -0.128. The van der Waals surface area contributed by atoms with Gasteiger partial charge in [0.2, 0.25) is 17.6 Å². The van der Waals surface area contributed by atoms with Crippen LogP contribution in [0.15, 0.2) is 43.5 Å². The highest BCUT2D eigenvalue weighted by atomic mass is 35.5. The number of carbonyl (C=O) groups excluding carboxylic acids is 2. The minimum atomic E-state index is -0.832. The van der Waals surface area contributed by atoms with E-state index in [0.29, 0.717) is 44.6 Å². The summed E-state index contributed by atoms with van der Waals surface area (Å²) in [5, 5.41) is 20.9. The van der Waals surface area contributed by atoms with Crippen LogP contribution in [0.4, 0.5) is 17.5 Å². The molecule has 0 saturated carbocycles. The number of H-pyrrole nitrogens is 1. The number of halogens is 1. The first-order valence-electron chi connectivity index (χ1n) is 11.5. The van der Waals surface area contributed by atoms with E-state index >= 15 is 0 Å². The zero-order chi connectivity index (χ0) is 26.9. The standard InChI is InChI=1S/C20H24ClN15O2/c21-13-16(32-34-23)28-15(31-33-22)12(27-13)17(37)29-19-30-20(9-36(19)24)2-5-35(6-3-20)18(38)11-7-10-1-4-25-14(10)26-8-11/h1,4,7,25-26H,2-3,5-6,8-9,24H2,(H,29,30,37)(H4,22,23,28,31,32). The van der Waals surface area contributed by atoms with Gasteiger partial charge in [-0.2, -0.15) is 4.99 Å². The van der Waals surface area contributed by atoms with Crippen LogP contribution in [-0.2, 0) is 4.79 Å². The minimum absolute atomic E-state index is 0.0134. The van der Waals surface area contributed by atoms with Crippen LogP contribution in [0.1, 0.15) is 28.9 Å². The van der Waals surface area contributed by atoms with Gasteiger partial charge in [0, 0.05) is 37.0 Å². The maximum Gasteiger partial charge on any atom is 0.302 e. The molecule has 2 amide bonds. The third-order valence-electron chi connectivity index (χ3n) is 6.50. The smallest absolute Gasteiger partial charge is 0.302 e. The molecule has 0 bridgehead atoms. The van der Waals surface area contributed by atoms with Crippen LogP contribution in [0.2, 0.25) is 5.15 Å². The number of aromatic amines is 1. The number of fused-ring (bicyclic) bond motifs is 1. The molecule has 5 rings (SSSR count). The van der Waals surface area contributed by atoms with E-state index < -0.39 is 11.4 Å². The van der Waals surface area contributed by atoms with Crippen molar-refractivity contribution in [3.8, 4) is 0 Å². The number of piperidine rings is 1. The maximum atomic E-state index is 13.1. The van der Waals surface area contributed by atoms with Crippen LogP contribution in [0.25, 0.3) is 6.08 Å². The first kappa shape index (κ1) is 25.0. The molecule has 0 atom stereocenters. The number of rotatable bonds is 4. The number of aromatic nitrogens is 3. The Morgan fingerprint density at radius 3 is 2.58 bits per heavy atom. The highest BCUT2D eigenvalue weighted by Gasteiger charge is 2.44. The van der Waals surface area contributed by atoms with Crippen molar-refractivity contribution in [3.05, 3.63) is 34.2 Å². The molecule has 38 heavy (non-hydrogen) atoms. The van der Waals surface area contributed by atoms with E-state index in [4.69, 9.17) is 29.1 Å². The summed E-state index contributed by atoms with van der Waals surface area (Å²) < 4.78 is 0. The van der Waals surface area contributed by atoms with Gasteiger partial charge in [0.05, 0.1) is 12.1 Å². The number of hydrogen-bond donors (Lipinski definition) is 6. The molecule has 2 fully saturated rings. The Bertz CT molecular complexity index is 1390. The van der Waals surface area contributed by atoms with Crippen molar-refractivity contribution in [2.75, 3.05) is 31.5 Å². The van der Waals surface area contributed by atoms with E-state index in [1.165, 1.54) is 5.01 Å². The molecule has 0 aromatic carbocycles. The summed E-state index contributed by atoms with van der Waals surface area (Å²) in [6.45, 7) is 1.86. The van der Waals surface area contributed by atoms with Crippen LogP contribution in [0.3, 0.4) is 0 Å². The molecule has 18 heteroatoms. The number of likely N-dealkylation sites (tertiary alicyclic amines) is 1. The largest absolute Gasteiger partial charge is 0.367 e. The number of nitrogens with one attached hydrogen (secondary N) is 3. The number of aliphatic imine (C=N–C) groups is 1. The molecule has 2 saturated heterocycles. The van der Waals surface area contributed by atoms with E-state index in [1.54, 1.807) is 0 Å². The number of anilines is 1. The molecule has 0 aliphatic carbocycles. The molecule has 198 valence electrons.